The summed E-state index contributed by atoms with van der Waals surface area (Å²) in [6, 6.07) is 1.61. The highest BCUT2D eigenvalue weighted by Gasteiger charge is 2.10. The highest BCUT2D eigenvalue weighted by molar-refractivity contribution is 5.80. The van der Waals surface area contributed by atoms with Crippen LogP contribution in [-0.2, 0) is 0 Å². The van der Waals surface area contributed by atoms with Crippen molar-refractivity contribution in [2.75, 3.05) is 11.9 Å². The van der Waals surface area contributed by atoms with Gasteiger partial charge in [-0.05, 0) is 13.0 Å². The summed E-state index contributed by atoms with van der Waals surface area (Å²) in [5.41, 5.74) is 5.95. The molecule has 0 aliphatic rings. The summed E-state index contributed by atoms with van der Waals surface area (Å²) >= 11 is 0. The summed E-state index contributed by atoms with van der Waals surface area (Å²) < 4.78 is 0. The molecular formula is C9H14N6O2. The fourth-order valence-corrected chi connectivity index (χ4v) is 1.22. The lowest BCUT2D eigenvalue weighted by atomic mass is 10.2. The summed E-state index contributed by atoms with van der Waals surface area (Å²) in [6.07, 6.45) is 1.70. The Bertz CT molecular complexity index is 445. The fraction of sp³-hybridized carbons (Fsp3) is 0.333. The second-order valence-corrected chi connectivity index (χ2v) is 3.41. The van der Waals surface area contributed by atoms with E-state index in [1.807, 2.05) is 0 Å². The number of pyridine rings is 1. The predicted molar refractivity (Wildman–Crippen MR) is 64.5 cm³/mol. The molecule has 0 aromatic carbocycles. The zero-order valence-electron chi connectivity index (χ0n) is 9.38. The number of aryl methyl sites for hydroxylation is 1. The minimum Gasteiger partial charge on any atom is -0.386 e. The van der Waals surface area contributed by atoms with E-state index in [1.165, 1.54) is 6.20 Å². The van der Waals surface area contributed by atoms with Gasteiger partial charge in [0, 0.05) is 18.5 Å². The number of nitrogens with one attached hydrogen (secondary N) is 1. The van der Waals surface area contributed by atoms with Gasteiger partial charge in [-0.2, -0.15) is 5.10 Å². The van der Waals surface area contributed by atoms with Crippen LogP contribution in [-0.4, -0.2) is 22.3 Å². The zero-order valence-corrected chi connectivity index (χ0v) is 9.38. The molecular weight excluding hydrogens is 224 g/mol. The second-order valence-electron chi connectivity index (χ2n) is 3.41. The molecule has 0 unspecified atom stereocenters. The first kappa shape index (κ1) is 12.7. The van der Waals surface area contributed by atoms with Crippen LogP contribution in [0.15, 0.2) is 17.4 Å². The van der Waals surface area contributed by atoms with Gasteiger partial charge in [0.25, 0.3) is 5.69 Å². The van der Waals surface area contributed by atoms with Gasteiger partial charge in [-0.1, -0.05) is 0 Å². The van der Waals surface area contributed by atoms with Crippen molar-refractivity contribution in [3.8, 4) is 0 Å². The topological polar surface area (TPSA) is 132 Å². The summed E-state index contributed by atoms with van der Waals surface area (Å²) in [6.45, 7) is 2.16. The maximum Gasteiger partial charge on any atom is 0.290 e. The molecule has 1 heterocycles. The number of rotatable bonds is 5. The van der Waals surface area contributed by atoms with Crippen LogP contribution in [0.2, 0.25) is 0 Å². The molecule has 1 rings (SSSR count). The summed E-state index contributed by atoms with van der Waals surface area (Å²) in [7, 11) is 0. The van der Waals surface area contributed by atoms with Crippen molar-refractivity contribution in [3.63, 3.8) is 0 Å². The van der Waals surface area contributed by atoms with Crippen LogP contribution in [0.25, 0.3) is 0 Å². The summed E-state index contributed by atoms with van der Waals surface area (Å²) in [4.78, 5) is 14.0. The summed E-state index contributed by atoms with van der Waals surface area (Å²) in [5, 5.41) is 16.9. The monoisotopic (exact) mass is 238 g/mol. The van der Waals surface area contributed by atoms with Gasteiger partial charge in [0.15, 0.2) is 0 Å². The minimum absolute atomic E-state index is 0.00131. The second kappa shape index (κ2) is 5.64. The van der Waals surface area contributed by atoms with E-state index in [2.05, 4.69) is 15.4 Å². The molecule has 0 saturated carbocycles. The molecule has 0 saturated heterocycles. The van der Waals surface area contributed by atoms with Crippen LogP contribution < -0.4 is 16.9 Å². The third-order valence-corrected chi connectivity index (χ3v) is 2.13. The van der Waals surface area contributed by atoms with E-state index in [0.29, 0.717) is 30.2 Å². The van der Waals surface area contributed by atoms with E-state index >= 15 is 0 Å². The number of aromatic nitrogens is 1. The highest BCUT2D eigenvalue weighted by atomic mass is 16.6. The highest BCUT2D eigenvalue weighted by Crippen LogP contribution is 2.18. The van der Waals surface area contributed by atoms with E-state index in [1.54, 1.807) is 13.0 Å². The maximum atomic E-state index is 10.6. The lowest BCUT2D eigenvalue weighted by molar-refractivity contribution is -0.385. The number of amidine groups is 1. The number of nitrogens with two attached hydrogens (primary N) is 2. The van der Waals surface area contributed by atoms with Crippen molar-refractivity contribution < 1.29 is 4.92 Å². The molecule has 0 bridgehead atoms. The molecule has 1 aromatic rings. The Labute approximate surface area is 97.9 Å². The molecule has 0 fully saturated rings. The molecule has 1 aromatic heterocycles. The normalized spacial score (nSPS) is 11.2. The van der Waals surface area contributed by atoms with Gasteiger partial charge < -0.3 is 16.9 Å². The number of nitrogens with zero attached hydrogens (tertiary/aromatic N) is 3. The van der Waals surface area contributed by atoms with Gasteiger partial charge in [0.05, 0.1) is 4.92 Å². The molecule has 17 heavy (non-hydrogen) atoms. The standard InChI is InChI=1S/C9H14N6O2/c1-6-4-9(12-3-2-8(10)14-11)13-5-7(6)15(16)17/h4-5H,2-3,11H2,1H3,(H2,10,14)(H,12,13). The van der Waals surface area contributed by atoms with Gasteiger partial charge >= 0.3 is 0 Å². The van der Waals surface area contributed by atoms with Crippen molar-refractivity contribution in [1.82, 2.24) is 4.98 Å². The quantitative estimate of drug-likeness (QED) is 0.222. The molecule has 0 aliphatic carbocycles. The average Bonchev–Trinajstić information content (AvgIpc) is 2.28. The van der Waals surface area contributed by atoms with Crippen LogP contribution in [0.5, 0.6) is 0 Å². The number of nitro groups is 1. The average molecular weight is 238 g/mol. The van der Waals surface area contributed by atoms with Crippen molar-refractivity contribution in [3.05, 3.63) is 27.9 Å². The lowest BCUT2D eigenvalue weighted by Crippen LogP contribution is -2.18. The van der Waals surface area contributed by atoms with Crippen LogP contribution in [0.3, 0.4) is 0 Å². The van der Waals surface area contributed by atoms with Gasteiger partial charge in [-0.3, -0.25) is 10.1 Å². The van der Waals surface area contributed by atoms with Crippen LogP contribution in [0, 0.1) is 17.0 Å². The first-order valence-corrected chi connectivity index (χ1v) is 4.91. The van der Waals surface area contributed by atoms with Gasteiger partial charge in [0.2, 0.25) is 0 Å². The van der Waals surface area contributed by atoms with E-state index in [9.17, 15) is 10.1 Å². The molecule has 5 N–H and O–H groups in total. The largest absolute Gasteiger partial charge is 0.386 e. The number of hydrazone groups is 1. The van der Waals surface area contributed by atoms with E-state index < -0.39 is 4.92 Å². The molecule has 8 heteroatoms. The van der Waals surface area contributed by atoms with E-state index in [-0.39, 0.29) is 5.69 Å². The first-order valence-electron chi connectivity index (χ1n) is 4.91. The third-order valence-electron chi connectivity index (χ3n) is 2.13. The first-order chi connectivity index (χ1) is 8.04. The van der Waals surface area contributed by atoms with Gasteiger partial charge in [-0.25, -0.2) is 4.98 Å². The zero-order chi connectivity index (χ0) is 12.8. The van der Waals surface area contributed by atoms with E-state index in [0.717, 1.165) is 0 Å². The number of anilines is 1. The Balaban J connectivity index is 2.62. The maximum absolute atomic E-state index is 10.6. The minimum atomic E-state index is -0.467. The van der Waals surface area contributed by atoms with Gasteiger partial charge in [-0.15, -0.1) is 0 Å². The Morgan fingerprint density at radius 1 is 1.71 bits per heavy atom. The Morgan fingerprint density at radius 2 is 2.41 bits per heavy atom. The molecule has 92 valence electrons. The van der Waals surface area contributed by atoms with Gasteiger partial charge in [0.1, 0.15) is 17.9 Å². The smallest absolute Gasteiger partial charge is 0.290 e. The Hall–Kier alpha value is -2.38. The molecule has 0 aliphatic heterocycles. The lowest BCUT2D eigenvalue weighted by Gasteiger charge is -2.05. The SMILES string of the molecule is Cc1cc(NCCC(N)=NN)ncc1[N+](=O)[O-]. The Morgan fingerprint density at radius 3 is 2.94 bits per heavy atom. The number of hydrogen-bond donors (Lipinski definition) is 3. The molecule has 0 amide bonds. The van der Waals surface area contributed by atoms with Crippen molar-refractivity contribution in [2.24, 2.45) is 16.7 Å². The molecule has 0 radical (unpaired) electrons. The van der Waals surface area contributed by atoms with Crippen molar-refractivity contribution in [1.29, 1.82) is 0 Å². The van der Waals surface area contributed by atoms with E-state index in [4.69, 9.17) is 11.6 Å². The molecule has 0 atom stereocenters. The van der Waals surface area contributed by atoms with Crippen LogP contribution in [0.4, 0.5) is 11.5 Å². The summed E-state index contributed by atoms with van der Waals surface area (Å²) in [5.74, 6) is 5.86. The number of hydrogen-bond acceptors (Lipinski definition) is 6. The third kappa shape index (κ3) is 3.59. The van der Waals surface area contributed by atoms with Crippen LogP contribution >= 0.6 is 0 Å². The Kier molecular flexibility index (Phi) is 4.21. The van der Waals surface area contributed by atoms with Crippen LogP contribution in [0.1, 0.15) is 12.0 Å². The predicted octanol–water partition coefficient (Wildman–Crippen LogP) is 0.331. The molecule has 0 spiro atoms. The fourth-order valence-electron chi connectivity index (χ4n) is 1.22. The van der Waals surface area contributed by atoms with Crippen molar-refractivity contribution in [2.45, 2.75) is 13.3 Å². The molecule has 8 nitrogen and oxygen atoms in total. The van der Waals surface area contributed by atoms with Crippen molar-refractivity contribution >= 4 is 17.3 Å².